The Morgan fingerprint density at radius 1 is 1.05 bits per heavy atom. The van der Waals surface area contributed by atoms with Crippen LogP contribution in [0.1, 0.15) is 5.56 Å². The molecule has 2 aromatic carbocycles. The van der Waals surface area contributed by atoms with Crippen molar-refractivity contribution in [1.29, 1.82) is 0 Å². The van der Waals surface area contributed by atoms with E-state index in [0.29, 0.717) is 11.0 Å². The Bertz CT molecular complexity index is 883. The van der Waals surface area contributed by atoms with E-state index in [2.05, 4.69) is 20.2 Å². The molecule has 0 aliphatic heterocycles. The van der Waals surface area contributed by atoms with Gasteiger partial charge in [-0.3, -0.25) is 4.79 Å². The number of quaternary nitrogens is 1. The van der Waals surface area contributed by atoms with Crippen LogP contribution in [0.3, 0.4) is 0 Å². The molecule has 0 aliphatic rings. The Hall–Kier alpha value is -1.75. The number of hydrogen-bond donors (Lipinski definition) is 1. The van der Waals surface area contributed by atoms with Crippen LogP contribution in [0.4, 0.5) is 0 Å². The number of aliphatic hydroxyl groups is 1. The van der Waals surface area contributed by atoms with Crippen LogP contribution in [-0.4, -0.2) is 36.8 Å². The van der Waals surface area contributed by atoms with Crippen molar-refractivity contribution in [3.63, 3.8) is 0 Å². The molecule has 3 rings (SSSR count). The first-order chi connectivity index (χ1) is 10.5. The fourth-order valence-electron chi connectivity index (χ4n) is 2.79. The Morgan fingerprint density at radius 2 is 1.77 bits per heavy atom. The lowest BCUT2D eigenvalue weighted by Gasteiger charge is -2.29. The summed E-state index contributed by atoms with van der Waals surface area (Å²) in [6, 6.07) is 13.9. The fourth-order valence-corrected chi connectivity index (χ4v) is 3.84. The molecule has 4 heteroatoms. The van der Waals surface area contributed by atoms with Crippen LogP contribution >= 0.6 is 11.3 Å². The van der Waals surface area contributed by atoms with Gasteiger partial charge in [-0.25, -0.2) is 0 Å². The molecule has 0 spiro atoms. The van der Waals surface area contributed by atoms with E-state index >= 15 is 0 Å². The van der Waals surface area contributed by atoms with Crippen molar-refractivity contribution in [2.24, 2.45) is 0 Å². The van der Waals surface area contributed by atoms with Gasteiger partial charge in [-0.1, -0.05) is 18.2 Å². The molecule has 3 aromatic rings. The van der Waals surface area contributed by atoms with E-state index in [-0.39, 0.29) is 12.0 Å². The second-order valence-electron chi connectivity index (χ2n) is 6.30. The zero-order valence-corrected chi connectivity index (χ0v) is 13.7. The first-order valence-electron chi connectivity index (χ1n) is 7.37. The Balaban J connectivity index is 2.11. The standard InChI is InChI=1S/C18H20NO2S/c1-19(2,9-10-20)12-13-7-8-17-15(11-13)18(21)14-5-3-4-6-16(14)22-17/h3-8,11,20H,9-10,12H2,1-2H3/q+1. The van der Waals surface area contributed by atoms with Gasteiger partial charge in [0.1, 0.15) is 13.1 Å². The second kappa shape index (κ2) is 5.80. The van der Waals surface area contributed by atoms with Gasteiger partial charge < -0.3 is 9.59 Å². The number of aliphatic hydroxyl groups excluding tert-OH is 1. The van der Waals surface area contributed by atoms with Crippen LogP contribution in [-0.2, 0) is 6.54 Å². The van der Waals surface area contributed by atoms with Gasteiger partial charge in [-0.15, -0.1) is 11.3 Å². The summed E-state index contributed by atoms with van der Waals surface area (Å²) < 4.78 is 2.76. The van der Waals surface area contributed by atoms with Gasteiger partial charge in [0.2, 0.25) is 0 Å². The number of benzene rings is 2. The van der Waals surface area contributed by atoms with Crippen LogP contribution in [0.5, 0.6) is 0 Å². The normalized spacial score (nSPS) is 12.1. The first kappa shape index (κ1) is 15.2. The number of fused-ring (bicyclic) bond motifs is 2. The van der Waals surface area contributed by atoms with Crippen molar-refractivity contribution < 1.29 is 9.59 Å². The SMILES string of the molecule is C[N+](C)(CCO)Cc1ccc2sc3ccccc3c(=O)c2c1. The Morgan fingerprint density at radius 3 is 2.55 bits per heavy atom. The molecular weight excluding hydrogens is 294 g/mol. The zero-order chi connectivity index (χ0) is 15.7. The maximum absolute atomic E-state index is 12.7. The topological polar surface area (TPSA) is 37.3 Å². The lowest BCUT2D eigenvalue weighted by atomic mass is 10.1. The molecule has 0 amide bonds. The molecule has 3 nitrogen and oxygen atoms in total. The molecule has 1 aromatic heterocycles. The third-order valence-corrected chi connectivity index (χ3v) is 5.11. The third-order valence-electron chi connectivity index (χ3n) is 3.96. The van der Waals surface area contributed by atoms with Gasteiger partial charge in [0, 0.05) is 25.7 Å². The Kier molecular flexibility index (Phi) is 4.00. The number of rotatable bonds is 4. The third kappa shape index (κ3) is 2.90. The van der Waals surface area contributed by atoms with E-state index < -0.39 is 0 Å². The van der Waals surface area contributed by atoms with Crippen molar-refractivity contribution in [3.05, 3.63) is 58.3 Å². The van der Waals surface area contributed by atoms with Crippen molar-refractivity contribution in [3.8, 4) is 0 Å². The minimum Gasteiger partial charge on any atom is -0.391 e. The fraction of sp³-hybridized carbons (Fsp3) is 0.278. The molecule has 1 N–H and O–H groups in total. The lowest BCUT2D eigenvalue weighted by molar-refractivity contribution is -0.903. The van der Waals surface area contributed by atoms with E-state index in [9.17, 15) is 4.79 Å². The summed E-state index contributed by atoms with van der Waals surface area (Å²) in [6.45, 7) is 1.66. The molecular formula is C18H20NO2S+. The molecule has 1 heterocycles. The van der Waals surface area contributed by atoms with E-state index in [1.54, 1.807) is 11.3 Å². The van der Waals surface area contributed by atoms with Crippen molar-refractivity contribution in [1.82, 2.24) is 0 Å². The molecule has 0 unspecified atom stereocenters. The minimum atomic E-state index is 0.110. The first-order valence-corrected chi connectivity index (χ1v) is 8.19. The average molecular weight is 314 g/mol. The van der Waals surface area contributed by atoms with Crippen LogP contribution in [0.15, 0.2) is 47.3 Å². The number of likely N-dealkylation sites (N-methyl/N-ethyl adjacent to an activating group) is 1. The highest BCUT2D eigenvalue weighted by Crippen LogP contribution is 2.25. The molecule has 0 saturated carbocycles. The molecule has 114 valence electrons. The number of nitrogens with zero attached hydrogens (tertiary/aromatic N) is 1. The zero-order valence-electron chi connectivity index (χ0n) is 12.9. The van der Waals surface area contributed by atoms with Crippen LogP contribution in [0.2, 0.25) is 0 Å². The lowest BCUT2D eigenvalue weighted by Crippen LogP contribution is -2.41. The van der Waals surface area contributed by atoms with Gasteiger partial charge in [0.15, 0.2) is 5.43 Å². The van der Waals surface area contributed by atoms with Gasteiger partial charge in [0.05, 0.1) is 20.7 Å². The number of hydrogen-bond acceptors (Lipinski definition) is 3. The summed E-state index contributed by atoms with van der Waals surface area (Å²) in [7, 11) is 4.17. The maximum atomic E-state index is 12.7. The molecule has 0 saturated heterocycles. The summed E-state index contributed by atoms with van der Waals surface area (Å²) in [4.78, 5) is 12.7. The van der Waals surface area contributed by atoms with Crippen molar-refractivity contribution in [2.75, 3.05) is 27.2 Å². The maximum Gasteiger partial charge on any atom is 0.195 e. The molecule has 0 fully saturated rings. The van der Waals surface area contributed by atoms with Gasteiger partial charge >= 0.3 is 0 Å². The van der Waals surface area contributed by atoms with Gasteiger partial charge in [-0.2, -0.15) is 0 Å². The van der Waals surface area contributed by atoms with Crippen LogP contribution in [0, 0.1) is 0 Å². The molecule has 0 radical (unpaired) electrons. The predicted molar refractivity (Wildman–Crippen MR) is 93.4 cm³/mol. The highest BCUT2D eigenvalue weighted by atomic mass is 32.1. The molecule has 0 atom stereocenters. The summed E-state index contributed by atoms with van der Waals surface area (Å²) >= 11 is 1.66. The Labute approximate surface area is 133 Å². The van der Waals surface area contributed by atoms with E-state index in [4.69, 9.17) is 5.11 Å². The van der Waals surface area contributed by atoms with Gasteiger partial charge in [0.25, 0.3) is 0 Å². The summed E-state index contributed by atoms with van der Waals surface area (Å²) in [6.07, 6.45) is 0. The van der Waals surface area contributed by atoms with E-state index in [1.165, 1.54) is 0 Å². The summed E-state index contributed by atoms with van der Waals surface area (Å²) in [5.41, 5.74) is 1.24. The highest BCUT2D eigenvalue weighted by molar-refractivity contribution is 7.24. The van der Waals surface area contributed by atoms with E-state index in [1.807, 2.05) is 36.4 Å². The monoisotopic (exact) mass is 314 g/mol. The second-order valence-corrected chi connectivity index (χ2v) is 7.38. The summed E-state index contributed by atoms with van der Waals surface area (Å²) in [5.74, 6) is 0. The quantitative estimate of drug-likeness (QED) is 0.594. The predicted octanol–water partition coefficient (Wildman–Crippen LogP) is 2.98. The van der Waals surface area contributed by atoms with Crippen LogP contribution < -0.4 is 5.43 Å². The molecule has 0 aliphatic carbocycles. The minimum absolute atomic E-state index is 0.110. The summed E-state index contributed by atoms with van der Waals surface area (Å²) in [5, 5.41) is 10.7. The van der Waals surface area contributed by atoms with E-state index in [0.717, 1.165) is 32.3 Å². The largest absolute Gasteiger partial charge is 0.391 e. The smallest absolute Gasteiger partial charge is 0.195 e. The van der Waals surface area contributed by atoms with Crippen molar-refractivity contribution in [2.45, 2.75) is 6.54 Å². The average Bonchev–Trinajstić information content (AvgIpc) is 2.48. The molecule has 0 bridgehead atoms. The van der Waals surface area contributed by atoms with Crippen LogP contribution in [0.25, 0.3) is 20.2 Å². The molecule has 22 heavy (non-hydrogen) atoms. The highest BCUT2D eigenvalue weighted by Gasteiger charge is 2.16. The van der Waals surface area contributed by atoms with Crippen molar-refractivity contribution >= 4 is 31.5 Å². The van der Waals surface area contributed by atoms with Gasteiger partial charge in [-0.05, 0) is 24.3 Å².